The summed E-state index contributed by atoms with van der Waals surface area (Å²) in [7, 11) is 6.20. The van der Waals surface area contributed by atoms with Gasteiger partial charge in [0.1, 0.15) is 5.76 Å². The second-order valence-electron chi connectivity index (χ2n) is 5.83. The summed E-state index contributed by atoms with van der Waals surface area (Å²) in [6.07, 6.45) is 1.79. The van der Waals surface area contributed by atoms with Crippen LogP contribution in [0.1, 0.15) is 25.2 Å². The van der Waals surface area contributed by atoms with E-state index in [1.165, 1.54) is 5.56 Å². The van der Waals surface area contributed by atoms with Gasteiger partial charge in [0.2, 0.25) is 0 Å². The molecule has 1 aromatic heterocycles. The summed E-state index contributed by atoms with van der Waals surface area (Å²) in [5.74, 6) is 1.76. The molecule has 0 fully saturated rings. The Morgan fingerprint density at radius 3 is 2.58 bits per heavy atom. The average molecular weight is 267 g/mol. The monoisotopic (exact) mass is 267 g/mol. The van der Waals surface area contributed by atoms with Crippen LogP contribution in [0.3, 0.4) is 0 Å². The van der Waals surface area contributed by atoms with Crippen molar-refractivity contribution in [2.24, 2.45) is 5.92 Å². The van der Waals surface area contributed by atoms with E-state index in [-0.39, 0.29) is 0 Å². The predicted molar refractivity (Wildman–Crippen MR) is 80.1 cm³/mol. The summed E-state index contributed by atoms with van der Waals surface area (Å²) in [6, 6.07) is 2.06. The molecule has 0 bridgehead atoms. The summed E-state index contributed by atoms with van der Waals surface area (Å²) < 4.78 is 5.64. The maximum Gasteiger partial charge on any atom is 0.122 e. The quantitative estimate of drug-likeness (QED) is 0.742. The Hall–Kier alpha value is -0.840. The van der Waals surface area contributed by atoms with E-state index in [2.05, 4.69) is 49.1 Å². The van der Waals surface area contributed by atoms with Crippen molar-refractivity contribution in [3.8, 4) is 0 Å². The lowest BCUT2D eigenvalue weighted by molar-refractivity contribution is 0.197. The molecule has 0 aliphatic carbocycles. The Kier molecular flexibility index (Phi) is 7.13. The lowest BCUT2D eigenvalue weighted by Crippen LogP contribution is -2.34. The van der Waals surface area contributed by atoms with Crippen molar-refractivity contribution in [2.75, 3.05) is 40.8 Å². The average Bonchev–Trinajstić information content (AvgIpc) is 2.73. The van der Waals surface area contributed by atoms with Gasteiger partial charge >= 0.3 is 0 Å². The van der Waals surface area contributed by atoms with Crippen LogP contribution in [0.25, 0.3) is 0 Å². The first-order valence-corrected chi connectivity index (χ1v) is 7.09. The molecule has 4 heteroatoms. The molecule has 19 heavy (non-hydrogen) atoms. The maximum atomic E-state index is 5.64. The number of rotatable bonds is 9. The normalized spacial score (nSPS) is 12.0. The Morgan fingerprint density at radius 1 is 1.26 bits per heavy atom. The fourth-order valence-corrected chi connectivity index (χ4v) is 2.15. The van der Waals surface area contributed by atoms with Gasteiger partial charge in [-0.25, -0.2) is 0 Å². The summed E-state index contributed by atoms with van der Waals surface area (Å²) >= 11 is 0. The number of hydrogen-bond donors (Lipinski definition) is 1. The van der Waals surface area contributed by atoms with Crippen LogP contribution in [0.5, 0.6) is 0 Å². The summed E-state index contributed by atoms with van der Waals surface area (Å²) in [4.78, 5) is 4.70. The predicted octanol–water partition coefficient (Wildman–Crippen LogP) is 2.02. The van der Waals surface area contributed by atoms with Gasteiger partial charge in [0.05, 0.1) is 12.8 Å². The Labute approximate surface area is 117 Å². The van der Waals surface area contributed by atoms with Gasteiger partial charge in [-0.2, -0.15) is 0 Å². The van der Waals surface area contributed by atoms with E-state index in [1.54, 1.807) is 6.26 Å². The summed E-state index contributed by atoms with van der Waals surface area (Å²) in [5, 5.41) is 3.19. The Balaban J connectivity index is 2.61. The zero-order valence-electron chi connectivity index (χ0n) is 13.1. The highest BCUT2D eigenvalue weighted by Crippen LogP contribution is 2.14. The minimum Gasteiger partial charge on any atom is -0.468 e. The van der Waals surface area contributed by atoms with Crippen LogP contribution in [0.4, 0.5) is 0 Å². The van der Waals surface area contributed by atoms with Crippen molar-refractivity contribution in [1.82, 2.24) is 15.1 Å². The van der Waals surface area contributed by atoms with Gasteiger partial charge in [-0.05, 0) is 33.1 Å². The molecule has 0 radical (unpaired) electrons. The second-order valence-corrected chi connectivity index (χ2v) is 5.83. The minimum atomic E-state index is 0.671. The van der Waals surface area contributed by atoms with Crippen molar-refractivity contribution >= 4 is 0 Å². The number of hydrogen-bond acceptors (Lipinski definition) is 4. The smallest absolute Gasteiger partial charge is 0.122 e. The first-order valence-electron chi connectivity index (χ1n) is 7.09. The van der Waals surface area contributed by atoms with Crippen LogP contribution in [0.15, 0.2) is 16.7 Å². The third kappa shape index (κ3) is 6.23. The van der Waals surface area contributed by atoms with Crippen LogP contribution in [-0.4, -0.2) is 50.6 Å². The standard InChI is InChI=1S/C15H29N3O/c1-13(2)11-18(8-7-17(4)5)12-15-14(10-16-3)6-9-19-15/h6,9,13,16H,7-8,10-12H2,1-5H3. The van der Waals surface area contributed by atoms with E-state index in [0.29, 0.717) is 5.92 Å². The van der Waals surface area contributed by atoms with Gasteiger partial charge in [0.15, 0.2) is 0 Å². The van der Waals surface area contributed by atoms with Crippen molar-refractivity contribution in [1.29, 1.82) is 0 Å². The number of furan rings is 1. The van der Waals surface area contributed by atoms with Gasteiger partial charge in [-0.1, -0.05) is 13.8 Å². The molecule has 0 aliphatic heterocycles. The fraction of sp³-hybridized carbons (Fsp3) is 0.733. The Morgan fingerprint density at radius 2 is 2.00 bits per heavy atom. The summed E-state index contributed by atoms with van der Waals surface area (Å²) in [6.45, 7) is 9.55. The minimum absolute atomic E-state index is 0.671. The van der Waals surface area contributed by atoms with Crippen molar-refractivity contribution < 1.29 is 4.42 Å². The van der Waals surface area contributed by atoms with Gasteiger partial charge in [-0.3, -0.25) is 4.90 Å². The molecule has 0 amide bonds. The third-order valence-electron chi connectivity index (χ3n) is 3.06. The van der Waals surface area contributed by atoms with Crippen LogP contribution in [0.2, 0.25) is 0 Å². The number of nitrogens with one attached hydrogen (secondary N) is 1. The molecule has 110 valence electrons. The van der Waals surface area contributed by atoms with Crippen molar-refractivity contribution in [3.05, 3.63) is 23.7 Å². The van der Waals surface area contributed by atoms with Gasteiger partial charge < -0.3 is 14.6 Å². The topological polar surface area (TPSA) is 31.7 Å². The highest BCUT2D eigenvalue weighted by atomic mass is 16.3. The highest BCUT2D eigenvalue weighted by molar-refractivity contribution is 5.16. The maximum absolute atomic E-state index is 5.64. The van der Waals surface area contributed by atoms with Crippen LogP contribution < -0.4 is 5.32 Å². The molecule has 1 rings (SSSR count). The zero-order chi connectivity index (χ0) is 14.3. The Bertz CT molecular complexity index is 347. The van der Waals surface area contributed by atoms with Crippen LogP contribution in [-0.2, 0) is 13.1 Å². The number of nitrogens with zero attached hydrogens (tertiary/aromatic N) is 2. The molecule has 1 aromatic rings. The molecule has 1 heterocycles. The van der Waals surface area contributed by atoms with E-state index < -0.39 is 0 Å². The first-order chi connectivity index (χ1) is 9.02. The van der Waals surface area contributed by atoms with Crippen molar-refractivity contribution in [2.45, 2.75) is 26.9 Å². The van der Waals surface area contributed by atoms with E-state index >= 15 is 0 Å². The highest BCUT2D eigenvalue weighted by Gasteiger charge is 2.13. The SMILES string of the molecule is CNCc1ccoc1CN(CCN(C)C)CC(C)C. The molecule has 0 saturated heterocycles. The third-order valence-corrected chi connectivity index (χ3v) is 3.06. The van der Waals surface area contributed by atoms with Crippen LogP contribution >= 0.6 is 0 Å². The first kappa shape index (κ1) is 16.2. The molecule has 1 N–H and O–H groups in total. The molecule has 0 spiro atoms. The molecule has 0 aromatic carbocycles. The van der Waals surface area contributed by atoms with E-state index in [0.717, 1.165) is 38.5 Å². The van der Waals surface area contributed by atoms with E-state index in [4.69, 9.17) is 4.42 Å². The van der Waals surface area contributed by atoms with E-state index in [1.807, 2.05) is 7.05 Å². The molecule has 0 saturated carbocycles. The lowest BCUT2D eigenvalue weighted by Gasteiger charge is -2.25. The van der Waals surface area contributed by atoms with Gasteiger partial charge in [-0.15, -0.1) is 0 Å². The van der Waals surface area contributed by atoms with E-state index in [9.17, 15) is 0 Å². The molecule has 0 unspecified atom stereocenters. The van der Waals surface area contributed by atoms with Gasteiger partial charge in [0.25, 0.3) is 0 Å². The lowest BCUT2D eigenvalue weighted by atomic mass is 10.2. The molecule has 0 aliphatic rings. The van der Waals surface area contributed by atoms with Crippen LogP contribution in [0, 0.1) is 5.92 Å². The second kappa shape index (κ2) is 8.35. The van der Waals surface area contributed by atoms with Gasteiger partial charge in [0, 0.05) is 31.7 Å². The number of likely N-dealkylation sites (N-methyl/N-ethyl adjacent to an activating group) is 1. The zero-order valence-corrected chi connectivity index (χ0v) is 13.1. The van der Waals surface area contributed by atoms with Crippen molar-refractivity contribution in [3.63, 3.8) is 0 Å². The fourth-order valence-electron chi connectivity index (χ4n) is 2.15. The molecule has 0 atom stereocenters. The molecular weight excluding hydrogens is 238 g/mol. The molecule has 4 nitrogen and oxygen atoms in total. The largest absolute Gasteiger partial charge is 0.468 e. The summed E-state index contributed by atoms with van der Waals surface area (Å²) in [5.41, 5.74) is 1.26. The molecular formula is C15H29N3O.